The molecule has 1 unspecified atom stereocenters. The molecule has 2 rings (SSSR count). The smallest absolute Gasteiger partial charge is 0.255 e. The molecule has 0 saturated carbocycles. The van der Waals surface area contributed by atoms with Crippen LogP contribution in [0, 0.1) is 17.1 Å². The Morgan fingerprint density at radius 3 is 2.48 bits per heavy atom. The van der Waals surface area contributed by atoms with Crippen molar-refractivity contribution in [1.82, 2.24) is 4.90 Å². The average molecular weight is 375 g/mol. The van der Waals surface area contributed by atoms with E-state index >= 15 is 0 Å². The van der Waals surface area contributed by atoms with Gasteiger partial charge in [-0.1, -0.05) is 12.1 Å². The van der Waals surface area contributed by atoms with E-state index in [0.717, 1.165) is 5.56 Å². The Bertz CT molecular complexity index is 753. The van der Waals surface area contributed by atoms with Gasteiger partial charge in [0, 0.05) is 11.0 Å². The molecule has 0 radical (unpaired) electrons. The first-order valence-electron chi connectivity index (χ1n) is 7.24. The van der Waals surface area contributed by atoms with Gasteiger partial charge in [-0.2, -0.15) is 5.26 Å². The molecule has 0 aliphatic rings. The van der Waals surface area contributed by atoms with Crippen molar-refractivity contribution in [3.63, 3.8) is 0 Å². The van der Waals surface area contributed by atoms with Crippen molar-refractivity contribution >= 4 is 21.8 Å². The Morgan fingerprint density at radius 1 is 1.30 bits per heavy atom. The predicted octanol–water partition coefficient (Wildman–Crippen LogP) is 4.68. The molecule has 5 heteroatoms. The fraction of sp³-hybridized carbons (Fsp3) is 0.222. The largest absolute Gasteiger partial charge is 0.332 e. The van der Waals surface area contributed by atoms with Crippen molar-refractivity contribution in [2.24, 2.45) is 0 Å². The van der Waals surface area contributed by atoms with Crippen LogP contribution in [0.4, 0.5) is 4.39 Å². The molecule has 0 aliphatic heterocycles. The van der Waals surface area contributed by atoms with Gasteiger partial charge in [-0.05, 0) is 65.7 Å². The Hall–Kier alpha value is -2.19. The van der Waals surface area contributed by atoms with E-state index in [4.69, 9.17) is 5.26 Å². The van der Waals surface area contributed by atoms with Crippen molar-refractivity contribution in [1.29, 1.82) is 5.26 Å². The van der Waals surface area contributed by atoms with Crippen LogP contribution in [0.3, 0.4) is 0 Å². The second-order valence-electron chi connectivity index (χ2n) is 5.13. The first-order valence-corrected chi connectivity index (χ1v) is 8.03. The molecule has 2 aromatic rings. The van der Waals surface area contributed by atoms with Gasteiger partial charge in [-0.25, -0.2) is 4.39 Å². The van der Waals surface area contributed by atoms with Crippen molar-refractivity contribution in [2.75, 3.05) is 6.54 Å². The summed E-state index contributed by atoms with van der Waals surface area (Å²) in [5.74, 6) is -0.562. The summed E-state index contributed by atoms with van der Waals surface area (Å²) in [4.78, 5) is 14.5. The summed E-state index contributed by atoms with van der Waals surface area (Å²) in [7, 11) is 0. The normalized spacial score (nSPS) is 11.6. The van der Waals surface area contributed by atoms with Crippen LogP contribution in [0.15, 0.2) is 46.9 Å². The molecular weight excluding hydrogens is 359 g/mol. The summed E-state index contributed by atoms with van der Waals surface area (Å²) in [5.41, 5.74) is 1.95. The summed E-state index contributed by atoms with van der Waals surface area (Å²) in [6, 6.07) is 13.1. The molecule has 2 aromatic carbocycles. The lowest BCUT2D eigenvalue weighted by atomic mass is 10.0. The van der Waals surface area contributed by atoms with E-state index in [2.05, 4.69) is 22.0 Å². The lowest BCUT2D eigenvalue weighted by molar-refractivity contribution is 0.0701. The number of rotatable bonds is 4. The summed E-state index contributed by atoms with van der Waals surface area (Å²) >= 11 is 3.25. The lowest BCUT2D eigenvalue weighted by Gasteiger charge is -2.29. The van der Waals surface area contributed by atoms with Gasteiger partial charge < -0.3 is 4.90 Å². The zero-order valence-electron chi connectivity index (χ0n) is 12.9. The number of halogens is 2. The van der Waals surface area contributed by atoms with E-state index in [9.17, 15) is 9.18 Å². The molecule has 0 spiro atoms. The number of hydrogen-bond donors (Lipinski definition) is 0. The van der Waals surface area contributed by atoms with Crippen molar-refractivity contribution in [3.8, 4) is 6.07 Å². The molecule has 118 valence electrons. The molecular formula is C18H16BrFN2O. The third-order valence-electron chi connectivity index (χ3n) is 3.75. The van der Waals surface area contributed by atoms with Gasteiger partial charge in [0.25, 0.3) is 5.91 Å². The molecule has 0 bridgehead atoms. The monoisotopic (exact) mass is 374 g/mol. The first kappa shape index (κ1) is 17.2. The van der Waals surface area contributed by atoms with E-state index in [1.165, 1.54) is 18.2 Å². The minimum absolute atomic E-state index is 0.155. The maximum absolute atomic E-state index is 13.2. The minimum Gasteiger partial charge on any atom is -0.332 e. The summed E-state index contributed by atoms with van der Waals surface area (Å²) in [6.45, 7) is 4.35. The van der Waals surface area contributed by atoms with Crippen LogP contribution < -0.4 is 0 Å². The van der Waals surface area contributed by atoms with E-state index in [1.54, 1.807) is 17.0 Å². The third kappa shape index (κ3) is 3.77. The van der Waals surface area contributed by atoms with Gasteiger partial charge in [0.05, 0.1) is 23.2 Å². The maximum atomic E-state index is 13.2. The van der Waals surface area contributed by atoms with Gasteiger partial charge in [0.15, 0.2) is 0 Å². The highest BCUT2D eigenvalue weighted by atomic mass is 79.9. The van der Waals surface area contributed by atoms with E-state index in [1.807, 2.05) is 26.0 Å². The fourth-order valence-corrected chi connectivity index (χ4v) is 2.95. The molecule has 23 heavy (non-hydrogen) atoms. The Kier molecular flexibility index (Phi) is 5.51. The summed E-state index contributed by atoms with van der Waals surface area (Å²) in [6.07, 6.45) is 0. The fourth-order valence-electron chi connectivity index (χ4n) is 2.43. The lowest BCUT2D eigenvalue weighted by Crippen LogP contribution is -2.33. The van der Waals surface area contributed by atoms with Crippen molar-refractivity contribution in [2.45, 2.75) is 19.9 Å². The zero-order chi connectivity index (χ0) is 17.0. The molecule has 0 N–H and O–H groups in total. The molecule has 0 saturated heterocycles. The zero-order valence-corrected chi connectivity index (χ0v) is 14.5. The molecule has 0 aromatic heterocycles. The summed E-state index contributed by atoms with van der Waals surface area (Å²) < 4.78 is 13.6. The highest BCUT2D eigenvalue weighted by Crippen LogP contribution is 2.26. The topological polar surface area (TPSA) is 44.1 Å². The second kappa shape index (κ2) is 7.38. The van der Waals surface area contributed by atoms with E-state index in [-0.39, 0.29) is 11.9 Å². The standard InChI is InChI=1S/C18H16BrFN2O/c1-3-22(12(2)14-6-4-13(11-21)5-7-14)18(23)16-9-8-15(20)10-17(16)19/h4-10,12H,3H2,1-2H3. The second-order valence-corrected chi connectivity index (χ2v) is 5.98. The number of nitrogens with zero attached hydrogens (tertiary/aromatic N) is 2. The number of carbonyl (C=O) groups excluding carboxylic acids is 1. The van der Waals surface area contributed by atoms with Crippen LogP contribution in [-0.2, 0) is 0 Å². The van der Waals surface area contributed by atoms with Crippen molar-refractivity contribution in [3.05, 3.63) is 69.4 Å². The van der Waals surface area contributed by atoms with Crippen molar-refractivity contribution < 1.29 is 9.18 Å². The highest BCUT2D eigenvalue weighted by Gasteiger charge is 2.23. The van der Waals surface area contributed by atoms with Gasteiger partial charge in [0.1, 0.15) is 5.82 Å². The third-order valence-corrected chi connectivity index (χ3v) is 4.41. The molecule has 0 heterocycles. The van der Waals surface area contributed by atoms with Gasteiger partial charge in [0.2, 0.25) is 0 Å². The Morgan fingerprint density at radius 2 is 1.96 bits per heavy atom. The molecule has 1 amide bonds. The number of benzene rings is 2. The number of nitriles is 1. The molecule has 1 atom stereocenters. The number of carbonyl (C=O) groups is 1. The summed E-state index contributed by atoms with van der Waals surface area (Å²) in [5, 5.41) is 8.86. The van der Waals surface area contributed by atoms with Crippen LogP contribution in [0.5, 0.6) is 0 Å². The molecule has 3 nitrogen and oxygen atoms in total. The van der Waals surface area contributed by atoms with Crippen LogP contribution in [0.25, 0.3) is 0 Å². The molecule has 0 fully saturated rings. The van der Waals surface area contributed by atoms with Crippen LogP contribution in [0.1, 0.15) is 41.4 Å². The van der Waals surface area contributed by atoms with Crippen LogP contribution >= 0.6 is 15.9 Å². The maximum Gasteiger partial charge on any atom is 0.255 e. The Balaban J connectivity index is 2.30. The minimum atomic E-state index is -0.392. The highest BCUT2D eigenvalue weighted by molar-refractivity contribution is 9.10. The SMILES string of the molecule is CCN(C(=O)c1ccc(F)cc1Br)C(C)c1ccc(C#N)cc1. The van der Waals surface area contributed by atoms with Crippen LogP contribution in [0.2, 0.25) is 0 Å². The average Bonchev–Trinajstić information content (AvgIpc) is 2.55. The number of hydrogen-bond acceptors (Lipinski definition) is 2. The quantitative estimate of drug-likeness (QED) is 0.779. The Labute approximate surface area is 143 Å². The number of amides is 1. The van der Waals surface area contributed by atoms with Crippen LogP contribution in [-0.4, -0.2) is 17.4 Å². The van der Waals surface area contributed by atoms with Gasteiger partial charge in [-0.15, -0.1) is 0 Å². The predicted molar refractivity (Wildman–Crippen MR) is 90.4 cm³/mol. The first-order chi connectivity index (χ1) is 11.0. The van der Waals surface area contributed by atoms with E-state index < -0.39 is 5.82 Å². The van der Waals surface area contributed by atoms with Gasteiger partial charge >= 0.3 is 0 Å². The van der Waals surface area contributed by atoms with E-state index in [0.29, 0.717) is 22.1 Å². The molecule has 0 aliphatic carbocycles. The van der Waals surface area contributed by atoms with Gasteiger partial charge in [-0.3, -0.25) is 4.79 Å².